The molecular weight excluding hydrogens is 344 g/mol. The molecule has 1 aromatic heterocycles. The molecule has 25 heavy (non-hydrogen) atoms. The Kier molecular flexibility index (Phi) is 3.91. The van der Waals surface area contributed by atoms with E-state index in [4.69, 9.17) is 4.52 Å². The molecule has 1 aromatic rings. The van der Waals surface area contributed by atoms with Crippen LogP contribution in [0.1, 0.15) is 43.8 Å². The van der Waals surface area contributed by atoms with E-state index in [1.54, 1.807) is 13.8 Å². The molecule has 2 aliphatic heterocycles. The van der Waals surface area contributed by atoms with Crippen LogP contribution in [-0.2, 0) is 14.8 Å². The van der Waals surface area contributed by atoms with Crippen molar-refractivity contribution in [3.63, 3.8) is 0 Å². The van der Waals surface area contributed by atoms with Crippen LogP contribution in [0, 0.1) is 18.3 Å². The fraction of sp³-hybridized carbons (Fsp3) is 0.812. The molecule has 0 aromatic carbocycles. The van der Waals surface area contributed by atoms with Gasteiger partial charge in [-0.2, -0.15) is 4.98 Å². The van der Waals surface area contributed by atoms with Crippen molar-refractivity contribution >= 4 is 15.9 Å². The second-order valence-corrected chi connectivity index (χ2v) is 9.87. The van der Waals surface area contributed by atoms with E-state index >= 15 is 0 Å². The second kappa shape index (κ2) is 5.77. The minimum Gasteiger partial charge on any atom is -0.341 e. The third-order valence-corrected chi connectivity index (χ3v) is 7.79. The summed E-state index contributed by atoms with van der Waals surface area (Å²) in [6.07, 6.45) is 3.08. The summed E-state index contributed by atoms with van der Waals surface area (Å²) in [5.74, 6) is 1.34. The number of rotatable bonds is 4. The molecule has 1 saturated carbocycles. The molecule has 1 spiro atoms. The fourth-order valence-corrected chi connectivity index (χ4v) is 5.41. The van der Waals surface area contributed by atoms with E-state index in [0.717, 1.165) is 19.3 Å². The number of hydrogen-bond acceptors (Lipinski definition) is 6. The van der Waals surface area contributed by atoms with Gasteiger partial charge in [0.05, 0.1) is 11.7 Å². The Hall–Kier alpha value is -1.48. The van der Waals surface area contributed by atoms with Crippen molar-refractivity contribution in [1.82, 2.24) is 19.3 Å². The summed E-state index contributed by atoms with van der Waals surface area (Å²) >= 11 is 0. The van der Waals surface area contributed by atoms with E-state index < -0.39 is 10.0 Å². The van der Waals surface area contributed by atoms with Crippen molar-refractivity contribution in [1.29, 1.82) is 0 Å². The Morgan fingerprint density at radius 3 is 2.56 bits per heavy atom. The van der Waals surface area contributed by atoms with Gasteiger partial charge in [0.15, 0.2) is 5.82 Å². The molecule has 0 bridgehead atoms. The summed E-state index contributed by atoms with van der Waals surface area (Å²) in [5.41, 5.74) is -0.305. The van der Waals surface area contributed by atoms with Crippen LogP contribution >= 0.6 is 0 Å². The first kappa shape index (κ1) is 17.0. The zero-order valence-corrected chi connectivity index (χ0v) is 15.5. The number of carbonyl (C=O) groups excluding carboxylic acids is 1. The van der Waals surface area contributed by atoms with E-state index in [1.807, 2.05) is 4.90 Å². The predicted octanol–water partition coefficient (Wildman–Crippen LogP) is 0.756. The van der Waals surface area contributed by atoms with Gasteiger partial charge in [0.25, 0.3) is 0 Å². The molecule has 0 N–H and O–H groups in total. The minimum atomic E-state index is -3.29. The maximum Gasteiger partial charge on any atom is 0.231 e. The predicted molar refractivity (Wildman–Crippen MR) is 89.2 cm³/mol. The third kappa shape index (κ3) is 2.68. The van der Waals surface area contributed by atoms with E-state index in [2.05, 4.69) is 10.1 Å². The highest BCUT2D eigenvalue weighted by Gasteiger charge is 2.59. The molecule has 4 rings (SSSR count). The van der Waals surface area contributed by atoms with Gasteiger partial charge < -0.3 is 9.42 Å². The monoisotopic (exact) mass is 368 g/mol. The van der Waals surface area contributed by atoms with Gasteiger partial charge in [-0.05, 0) is 26.7 Å². The van der Waals surface area contributed by atoms with Crippen molar-refractivity contribution in [2.45, 2.75) is 39.0 Å². The summed E-state index contributed by atoms with van der Waals surface area (Å²) in [7, 11) is -3.29. The Morgan fingerprint density at radius 2 is 2.04 bits per heavy atom. The van der Waals surface area contributed by atoms with Crippen LogP contribution in [0.25, 0.3) is 0 Å². The van der Waals surface area contributed by atoms with E-state index in [1.165, 1.54) is 4.31 Å². The number of hydrogen-bond donors (Lipinski definition) is 0. The molecule has 3 heterocycles. The highest BCUT2D eigenvalue weighted by Crippen LogP contribution is 2.50. The molecular formula is C16H24N4O4S. The summed E-state index contributed by atoms with van der Waals surface area (Å²) in [6, 6.07) is 0. The molecule has 3 aliphatic rings. The van der Waals surface area contributed by atoms with Gasteiger partial charge in [0, 0.05) is 37.5 Å². The Labute approximate surface area is 147 Å². The van der Waals surface area contributed by atoms with Gasteiger partial charge in [-0.1, -0.05) is 11.6 Å². The minimum absolute atomic E-state index is 0.0728. The highest BCUT2D eigenvalue weighted by molar-refractivity contribution is 7.89. The first-order chi connectivity index (χ1) is 11.8. The largest absolute Gasteiger partial charge is 0.341 e. The first-order valence-electron chi connectivity index (χ1n) is 8.91. The van der Waals surface area contributed by atoms with Gasteiger partial charge in [-0.15, -0.1) is 0 Å². The van der Waals surface area contributed by atoms with Crippen LogP contribution < -0.4 is 0 Å². The van der Waals surface area contributed by atoms with E-state index in [-0.39, 0.29) is 28.9 Å². The van der Waals surface area contributed by atoms with Crippen molar-refractivity contribution in [3.05, 3.63) is 11.7 Å². The molecule has 1 amide bonds. The lowest BCUT2D eigenvalue weighted by Crippen LogP contribution is -2.63. The number of aromatic nitrogens is 2. The SMILES string of the molecule is CCS(=O)(=O)N1CC(c2nc(C)no2)C2(CN(C(=O)C3CCC3)C2)C1. The van der Waals surface area contributed by atoms with Gasteiger partial charge in [0.2, 0.25) is 21.8 Å². The normalized spacial score (nSPS) is 26.6. The Bertz CT molecular complexity index is 780. The number of amides is 1. The van der Waals surface area contributed by atoms with Crippen LogP contribution in [0.15, 0.2) is 4.52 Å². The van der Waals surface area contributed by atoms with Crippen LogP contribution in [0.3, 0.4) is 0 Å². The van der Waals surface area contributed by atoms with Gasteiger partial charge in [0.1, 0.15) is 0 Å². The van der Waals surface area contributed by atoms with Crippen molar-refractivity contribution in [2.75, 3.05) is 31.9 Å². The quantitative estimate of drug-likeness (QED) is 0.778. The topological polar surface area (TPSA) is 96.6 Å². The molecule has 3 fully saturated rings. The Balaban J connectivity index is 1.57. The fourth-order valence-electron chi connectivity index (χ4n) is 4.22. The second-order valence-electron chi connectivity index (χ2n) is 7.61. The lowest BCUT2D eigenvalue weighted by atomic mass is 9.70. The molecule has 1 unspecified atom stereocenters. The zero-order valence-electron chi connectivity index (χ0n) is 14.6. The average molecular weight is 368 g/mol. The highest BCUT2D eigenvalue weighted by atomic mass is 32.2. The van der Waals surface area contributed by atoms with Crippen molar-refractivity contribution in [3.8, 4) is 0 Å². The van der Waals surface area contributed by atoms with Gasteiger partial charge >= 0.3 is 0 Å². The number of likely N-dealkylation sites (tertiary alicyclic amines) is 1. The summed E-state index contributed by atoms with van der Waals surface area (Å²) in [5, 5.41) is 3.86. The molecule has 1 atom stereocenters. The molecule has 2 saturated heterocycles. The molecule has 1 aliphatic carbocycles. The number of sulfonamides is 1. The van der Waals surface area contributed by atoms with E-state index in [9.17, 15) is 13.2 Å². The van der Waals surface area contributed by atoms with Crippen LogP contribution in [-0.4, -0.2) is 65.6 Å². The lowest BCUT2D eigenvalue weighted by molar-refractivity contribution is -0.151. The smallest absolute Gasteiger partial charge is 0.231 e. The van der Waals surface area contributed by atoms with Crippen molar-refractivity contribution in [2.24, 2.45) is 11.3 Å². The zero-order chi connectivity index (χ0) is 17.8. The standard InChI is InChI=1S/C16H24N4O4S/c1-3-25(22,23)20-7-13(14-17-11(2)18-24-14)16(10-20)8-19(9-16)15(21)12-5-4-6-12/h12-13H,3-10H2,1-2H3. The van der Waals surface area contributed by atoms with Crippen LogP contribution in [0.2, 0.25) is 0 Å². The van der Waals surface area contributed by atoms with Gasteiger partial charge in [-0.25, -0.2) is 12.7 Å². The van der Waals surface area contributed by atoms with Crippen LogP contribution in [0.4, 0.5) is 0 Å². The molecule has 8 nitrogen and oxygen atoms in total. The summed E-state index contributed by atoms with van der Waals surface area (Å²) in [4.78, 5) is 18.7. The average Bonchev–Trinajstić information content (AvgIpc) is 3.07. The maximum absolute atomic E-state index is 12.5. The third-order valence-electron chi connectivity index (χ3n) is 5.99. The van der Waals surface area contributed by atoms with Gasteiger partial charge in [-0.3, -0.25) is 4.79 Å². The molecule has 0 radical (unpaired) electrons. The molecule has 138 valence electrons. The first-order valence-corrected chi connectivity index (χ1v) is 10.5. The summed E-state index contributed by atoms with van der Waals surface area (Å²) < 4.78 is 31.6. The molecule has 9 heteroatoms. The number of nitrogens with zero attached hydrogens (tertiary/aromatic N) is 4. The number of aryl methyl sites for hydroxylation is 1. The van der Waals surface area contributed by atoms with Crippen LogP contribution in [0.5, 0.6) is 0 Å². The maximum atomic E-state index is 12.5. The van der Waals surface area contributed by atoms with Crippen molar-refractivity contribution < 1.29 is 17.7 Å². The van der Waals surface area contributed by atoms with E-state index in [0.29, 0.717) is 37.9 Å². The number of carbonyl (C=O) groups is 1. The summed E-state index contributed by atoms with van der Waals surface area (Å²) in [6.45, 7) is 5.32. The lowest BCUT2D eigenvalue weighted by Gasteiger charge is -2.51. The Morgan fingerprint density at radius 1 is 1.32 bits per heavy atom.